The molecule has 5 heteroatoms. The van der Waals surface area contributed by atoms with Crippen molar-refractivity contribution in [3.8, 4) is 0 Å². The summed E-state index contributed by atoms with van der Waals surface area (Å²) in [5, 5.41) is 11.4. The van der Waals surface area contributed by atoms with Crippen LogP contribution in [0.15, 0.2) is 55.1 Å². The van der Waals surface area contributed by atoms with E-state index in [1.54, 1.807) is 0 Å². The minimum Gasteiger partial charge on any atom is -0.388 e. The number of rotatable bonds is 4. The molecule has 5 heterocycles. The Morgan fingerprint density at radius 2 is 1.81 bits per heavy atom. The predicted octanol–water partition coefficient (Wildman–Crippen LogP) is 2.99. The smallest absolute Gasteiger partial charge is 0.0880 e. The van der Waals surface area contributed by atoms with E-state index in [9.17, 15) is 5.11 Å². The Morgan fingerprint density at radius 1 is 1.04 bits per heavy atom. The lowest BCUT2D eigenvalue weighted by molar-refractivity contribution is -0.0644. The van der Waals surface area contributed by atoms with Gasteiger partial charge >= 0.3 is 0 Å². The molecule has 2 aliphatic heterocycles. The molecule has 0 aromatic carbocycles. The second kappa shape index (κ2) is 6.18. The average molecular weight is 348 g/mol. The minimum absolute atomic E-state index is 0.465. The monoisotopic (exact) mass is 348 g/mol. The summed E-state index contributed by atoms with van der Waals surface area (Å²) in [6.07, 6.45) is 11.7. The van der Waals surface area contributed by atoms with Gasteiger partial charge < -0.3 is 9.67 Å². The van der Waals surface area contributed by atoms with Crippen molar-refractivity contribution in [2.24, 2.45) is 0 Å². The molecule has 2 aliphatic rings. The number of fused-ring (bicyclic) bond motifs is 3. The van der Waals surface area contributed by atoms with E-state index in [0.717, 1.165) is 30.4 Å². The molecule has 0 saturated carbocycles. The van der Waals surface area contributed by atoms with Crippen molar-refractivity contribution in [1.29, 1.82) is 0 Å². The van der Waals surface area contributed by atoms with Crippen LogP contribution in [0.5, 0.6) is 0 Å². The molecular formula is C21H24N4O. The van der Waals surface area contributed by atoms with E-state index in [2.05, 4.69) is 43.8 Å². The topological polar surface area (TPSA) is 54.2 Å². The van der Waals surface area contributed by atoms with Gasteiger partial charge in [0.05, 0.1) is 23.2 Å². The van der Waals surface area contributed by atoms with Crippen molar-refractivity contribution in [1.82, 2.24) is 19.4 Å². The molecular weight excluding hydrogens is 324 g/mol. The lowest BCUT2D eigenvalue weighted by atomic mass is 9.85. The maximum atomic E-state index is 11.4. The van der Waals surface area contributed by atoms with Crippen LogP contribution in [0.2, 0.25) is 0 Å². The van der Waals surface area contributed by atoms with Gasteiger partial charge in [0, 0.05) is 43.4 Å². The SMILES string of the molecule is OC1(Cn2ccc3ncccc32)C[C@@H]2CC[C@@H](C1)N2Cc1ccncc1. The standard InChI is InChI=1S/C21H24N4O/c26-21(15-24-11-7-19-20(24)2-1-8-23-19)12-17-3-4-18(13-21)25(17)14-16-5-9-22-10-6-16/h1-2,5-11,17-18,26H,3-4,12-15H2/t17-,18-/m0/s1. The Kier molecular flexibility index (Phi) is 3.80. The molecule has 1 N–H and O–H groups in total. The maximum Gasteiger partial charge on any atom is 0.0880 e. The Morgan fingerprint density at radius 3 is 2.58 bits per heavy atom. The Hall–Kier alpha value is -2.24. The van der Waals surface area contributed by atoms with Gasteiger partial charge in [-0.2, -0.15) is 0 Å². The predicted molar refractivity (Wildman–Crippen MR) is 101 cm³/mol. The van der Waals surface area contributed by atoms with Crippen molar-refractivity contribution in [2.45, 2.75) is 56.5 Å². The van der Waals surface area contributed by atoms with Crippen LogP contribution in [0.4, 0.5) is 0 Å². The van der Waals surface area contributed by atoms with Gasteiger partial charge in [-0.1, -0.05) is 0 Å². The first-order valence-corrected chi connectivity index (χ1v) is 9.47. The van der Waals surface area contributed by atoms with E-state index >= 15 is 0 Å². The second-order valence-electron chi connectivity index (χ2n) is 7.90. The highest BCUT2D eigenvalue weighted by Crippen LogP contribution is 2.42. The third kappa shape index (κ3) is 2.81. The van der Waals surface area contributed by atoms with Gasteiger partial charge in [-0.25, -0.2) is 0 Å². The summed E-state index contributed by atoms with van der Waals surface area (Å²) < 4.78 is 2.17. The molecule has 2 saturated heterocycles. The molecule has 0 amide bonds. The van der Waals surface area contributed by atoms with Crippen molar-refractivity contribution in [3.63, 3.8) is 0 Å². The highest BCUT2D eigenvalue weighted by molar-refractivity contribution is 5.75. The molecule has 0 spiro atoms. The van der Waals surface area contributed by atoms with E-state index in [4.69, 9.17) is 0 Å². The number of pyridine rings is 2. The highest BCUT2D eigenvalue weighted by atomic mass is 16.3. The fraction of sp³-hybridized carbons (Fsp3) is 0.429. The zero-order valence-electron chi connectivity index (χ0n) is 14.8. The summed E-state index contributed by atoms with van der Waals surface area (Å²) in [5.74, 6) is 0. The van der Waals surface area contributed by atoms with Gasteiger partial charge in [0.1, 0.15) is 0 Å². The van der Waals surface area contributed by atoms with Gasteiger partial charge in [-0.05, 0) is 61.6 Å². The number of nitrogens with zero attached hydrogens (tertiary/aromatic N) is 4. The number of aromatic nitrogens is 3. The summed E-state index contributed by atoms with van der Waals surface area (Å²) >= 11 is 0. The maximum absolute atomic E-state index is 11.4. The largest absolute Gasteiger partial charge is 0.388 e. The normalized spacial score (nSPS) is 28.7. The summed E-state index contributed by atoms with van der Waals surface area (Å²) in [4.78, 5) is 11.1. The number of aliphatic hydroxyl groups is 1. The molecule has 26 heavy (non-hydrogen) atoms. The molecule has 2 fully saturated rings. The summed E-state index contributed by atoms with van der Waals surface area (Å²) in [6.45, 7) is 1.61. The third-order valence-electron chi connectivity index (χ3n) is 6.12. The zero-order valence-corrected chi connectivity index (χ0v) is 14.8. The summed E-state index contributed by atoms with van der Waals surface area (Å²) in [5.41, 5.74) is 2.77. The number of hydrogen-bond donors (Lipinski definition) is 1. The fourth-order valence-electron chi connectivity index (χ4n) is 4.98. The van der Waals surface area contributed by atoms with Crippen LogP contribution in [-0.2, 0) is 13.1 Å². The Bertz CT molecular complexity index is 893. The van der Waals surface area contributed by atoms with E-state index in [0.29, 0.717) is 18.6 Å². The van der Waals surface area contributed by atoms with Crippen LogP contribution in [0.1, 0.15) is 31.2 Å². The van der Waals surface area contributed by atoms with Gasteiger partial charge in [0.25, 0.3) is 0 Å². The quantitative estimate of drug-likeness (QED) is 0.787. The molecule has 5 rings (SSSR count). The first-order valence-electron chi connectivity index (χ1n) is 9.47. The Labute approximate surface area is 153 Å². The molecule has 3 aromatic rings. The van der Waals surface area contributed by atoms with Gasteiger partial charge in [-0.3, -0.25) is 14.9 Å². The molecule has 2 bridgehead atoms. The van der Waals surface area contributed by atoms with E-state index in [1.165, 1.54) is 18.4 Å². The fourth-order valence-corrected chi connectivity index (χ4v) is 4.98. The minimum atomic E-state index is -0.637. The van der Waals surface area contributed by atoms with Gasteiger partial charge in [0.2, 0.25) is 0 Å². The molecule has 5 nitrogen and oxygen atoms in total. The first kappa shape index (κ1) is 16.0. The van der Waals surface area contributed by atoms with Gasteiger partial charge in [-0.15, -0.1) is 0 Å². The van der Waals surface area contributed by atoms with E-state index < -0.39 is 5.60 Å². The molecule has 0 aliphatic carbocycles. The van der Waals surface area contributed by atoms with E-state index in [1.807, 2.05) is 30.7 Å². The first-order chi connectivity index (χ1) is 12.7. The van der Waals surface area contributed by atoms with Crippen LogP contribution in [0.25, 0.3) is 11.0 Å². The number of hydrogen-bond acceptors (Lipinski definition) is 4. The molecule has 3 aromatic heterocycles. The van der Waals surface area contributed by atoms with Crippen molar-refractivity contribution in [2.75, 3.05) is 0 Å². The zero-order chi connectivity index (χ0) is 17.6. The molecule has 0 unspecified atom stereocenters. The van der Waals surface area contributed by atoms with Crippen LogP contribution in [-0.4, -0.2) is 42.2 Å². The molecule has 2 atom stereocenters. The van der Waals surface area contributed by atoms with Crippen LogP contribution < -0.4 is 0 Å². The molecule has 0 radical (unpaired) electrons. The van der Waals surface area contributed by atoms with Crippen LogP contribution >= 0.6 is 0 Å². The average Bonchev–Trinajstić information content (AvgIpc) is 3.15. The summed E-state index contributed by atoms with van der Waals surface area (Å²) in [7, 11) is 0. The lowest BCUT2D eigenvalue weighted by Crippen LogP contribution is -2.52. The van der Waals surface area contributed by atoms with Crippen molar-refractivity contribution in [3.05, 3.63) is 60.7 Å². The highest BCUT2D eigenvalue weighted by Gasteiger charge is 2.47. The van der Waals surface area contributed by atoms with Crippen molar-refractivity contribution >= 4 is 11.0 Å². The second-order valence-corrected chi connectivity index (χ2v) is 7.90. The van der Waals surface area contributed by atoms with Gasteiger partial charge in [0.15, 0.2) is 0 Å². The van der Waals surface area contributed by atoms with E-state index in [-0.39, 0.29) is 0 Å². The summed E-state index contributed by atoms with van der Waals surface area (Å²) in [6, 6.07) is 11.2. The van der Waals surface area contributed by atoms with Crippen LogP contribution in [0.3, 0.4) is 0 Å². The Balaban J connectivity index is 1.35. The molecule has 134 valence electrons. The number of piperidine rings is 1. The lowest BCUT2D eigenvalue weighted by Gasteiger charge is -2.44. The van der Waals surface area contributed by atoms with Crippen LogP contribution in [0, 0.1) is 0 Å². The third-order valence-corrected chi connectivity index (χ3v) is 6.12. The van der Waals surface area contributed by atoms with Crippen molar-refractivity contribution < 1.29 is 5.11 Å².